The van der Waals surface area contributed by atoms with Crippen LogP contribution in [-0.2, 0) is 16.6 Å². The first-order valence-electron chi connectivity index (χ1n) is 11.6. The second-order valence-electron chi connectivity index (χ2n) is 8.47. The fraction of sp³-hybridized carbons (Fsp3) is 0.138. The third-order valence-corrected chi connectivity index (χ3v) is 7.59. The number of nitrogens with zero attached hydrogens (tertiary/aromatic N) is 1. The van der Waals surface area contributed by atoms with Crippen molar-refractivity contribution in [3.63, 3.8) is 0 Å². The molecular weight excluding hydrogens is 488 g/mol. The lowest BCUT2D eigenvalue weighted by Gasteiger charge is -2.19. The first-order valence-corrected chi connectivity index (χ1v) is 13.0. The molecule has 0 saturated carbocycles. The van der Waals surface area contributed by atoms with E-state index in [2.05, 4.69) is 5.32 Å². The minimum absolute atomic E-state index is 0.0220. The molecule has 4 aromatic rings. The maximum absolute atomic E-state index is 13.2. The number of nitrogens with one attached hydrogen (secondary N) is 1. The van der Waals surface area contributed by atoms with Crippen LogP contribution in [-0.4, -0.2) is 32.8 Å². The summed E-state index contributed by atoms with van der Waals surface area (Å²) in [7, 11) is -0.733. The van der Waals surface area contributed by atoms with Crippen molar-refractivity contribution in [2.24, 2.45) is 0 Å². The quantitative estimate of drug-likeness (QED) is 0.301. The van der Waals surface area contributed by atoms with Crippen molar-refractivity contribution in [3.05, 3.63) is 114 Å². The molecule has 0 radical (unpaired) electrons. The van der Waals surface area contributed by atoms with Gasteiger partial charge in [-0.15, -0.1) is 0 Å². The van der Waals surface area contributed by atoms with Crippen molar-refractivity contribution in [2.45, 2.75) is 18.4 Å². The first-order chi connectivity index (χ1) is 17.8. The second-order valence-corrected chi connectivity index (χ2v) is 10.5. The van der Waals surface area contributed by atoms with E-state index >= 15 is 0 Å². The number of rotatable bonds is 9. The Morgan fingerprint density at radius 2 is 1.54 bits per heavy atom. The molecule has 7 nitrogen and oxygen atoms in total. The lowest BCUT2D eigenvalue weighted by molar-refractivity contribution is 0.102. The lowest BCUT2D eigenvalue weighted by Crippen LogP contribution is -2.27. The smallest absolute Gasteiger partial charge is 0.255 e. The third kappa shape index (κ3) is 6.17. The minimum Gasteiger partial charge on any atom is -0.496 e. The van der Waals surface area contributed by atoms with Crippen molar-refractivity contribution in [1.29, 1.82) is 0 Å². The van der Waals surface area contributed by atoms with Crippen molar-refractivity contribution < 1.29 is 22.7 Å². The number of hydrogen-bond acceptors (Lipinski definition) is 5. The predicted octanol–water partition coefficient (Wildman–Crippen LogP) is 5.87. The van der Waals surface area contributed by atoms with Crippen molar-refractivity contribution in [1.82, 2.24) is 4.31 Å². The number of sulfonamides is 1. The van der Waals surface area contributed by atoms with Gasteiger partial charge in [-0.25, -0.2) is 8.42 Å². The van der Waals surface area contributed by atoms with Gasteiger partial charge in [-0.2, -0.15) is 4.31 Å². The molecule has 1 amide bonds. The SMILES string of the molecule is COc1ccc(C(=O)Nc2ccccc2Oc2ccccc2)cc1CN(C)S(=O)(=O)c1ccc(C)cc1. The zero-order valence-corrected chi connectivity index (χ0v) is 21.7. The van der Waals surface area contributed by atoms with Gasteiger partial charge in [-0.1, -0.05) is 48.0 Å². The normalized spacial score (nSPS) is 11.2. The number of carbonyl (C=O) groups excluding carboxylic acids is 1. The van der Waals surface area contributed by atoms with Gasteiger partial charge in [0.05, 0.1) is 17.7 Å². The van der Waals surface area contributed by atoms with Crippen LogP contribution in [0.25, 0.3) is 0 Å². The van der Waals surface area contributed by atoms with Gasteiger partial charge in [-0.3, -0.25) is 4.79 Å². The van der Waals surface area contributed by atoms with Crippen LogP contribution in [0.4, 0.5) is 5.69 Å². The maximum Gasteiger partial charge on any atom is 0.255 e. The van der Waals surface area contributed by atoms with Gasteiger partial charge in [0, 0.05) is 24.7 Å². The Labute approximate surface area is 217 Å². The van der Waals surface area contributed by atoms with E-state index in [1.165, 1.54) is 18.5 Å². The summed E-state index contributed by atoms with van der Waals surface area (Å²) in [4.78, 5) is 13.4. The highest BCUT2D eigenvalue weighted by molar-refractivity contribution is 7.89. The van der Waals surface area contributed by atoms with E-state index < -0.39 is 10.0 Å². The van der Waals surface area contributed by atoms with E-state index in [0.717, 1.165) is 5.56 Å². The van der Waals surface area contributed by atoms with Gasteiger partial charge >= 0.3 is 0 Å². The Kier molecular flexibility index (Phi) is 7.91. The number of aryl methyl sites for hydroxylation is 1. The van der Waals surface area contributed by atoms with Gasteiger partial charge in [0.1, 0.15) is 11.5 Å². The van der Waals surface area contributed by atoms with E-state index in [-0.39, 0.29) is 17.3 Å². The van der Waals surface area contributed by atoms with Crippen LogP contribution in [0.3, 0.4) is 0 Å². The number of benzene rings is 4. The van der Waals surface area contributed by atoms with Crippen molar-refractivity contribution in [2.75, 3.05) is 19.5 Å². The van der Waals surface area contributed by atoms with Crippen LogP contribution in [0.2, 0.25) is 0 Å². The molecule has 8 heteroatoms. The maximum atomic E-state index is 13.2. The molecule has 0 bridgehead atoms. The molecular formula is C29H28N2O5S. The Morgan fingerprint density at radius 1 is 0.865 bits per heavy atom. The van der Waals surface area contributed by atoms with E-state index in [1.54, 1.807) is 60.7 Å². The van der Waals surface area contributed by atoms with Gasteiger partial charge in [0.15, 0.2) is 5.75 Å². The molecule has 190 valence electrons. The van der Waals surface area contributed by atoms with Crippen LogP contribution in [0, 0.1) is 6.92 Å². The van der Waals surface area contributed by atoms with E-state index in [0.29, 0.717) is 34.1 Å². The number of carbonyl (C=O) groups is 1. The van der Waals surface area contributed by atoms with Crippen LogP contribution in [0.15, 0.2) is 102 Å². The monoisotopic (exact) mass is 516 g/mol. The predicted molar refractivity (Wildman–Crippen MR) is 144 cm³/mol. The summed E-state index contributed by atoms with van der Waals surface area (Å²) >= 11 is 0. The van der Waals surface area contributed by atoms with Crippen LogP contribution >= 0.6 is 0 Å². The molecule has 1 N–H and O–H groups in total. The molecule has 4 aromatic carbocycles. The van der Waals surface area contributed by atoms with Crippen molar-refractivity contribution >= 4 is 21.6 Å². The van der Waals surface area contributed by atoms with Crippen LogP contribution < -0.4 is 14.8 Å². The molecule has 0 heterocycles. The van der Waals surface area contributed by atoms with Gasteiger partial charge in [0.2, 0.25) is 10.0 Å². The van der Waals surface area contributed by atoms with Gasteiger partial charge in [0.25, 0.3) is 5.91 Å². The summed E-state index contributed by atoms with van der Waals surface area (Å²) in [6, 6.07) is 28.0. The highest BCUT2D eigenvalue weighted by Crippen LogP contribution is 2.30. The van der Waals surface area contributed by atoms with E-state index in [4.69, 9.17) is 9.47 Å². The van der Waals surface area contributed by atoms with Crippen LogP contribution in [0.5, 0.6) is 17.2 Å². The Hall–Kier alpha value is -4.14. The number of para-hydroxylation sites is 3. The molecule has 0 atom stereocenters. The number of hydrogen-bond donors (Lipinski definition) is 1. The number of methoxy groups -OCH3 is 1. The average molecular weight is 517 g/mol. The highest BCUT2D eigenvalue weighted by Gasteiger charge is 2.23. The molecule has 37 heavy (non-hydrogen) atoms. The Bertz CT molecular complexity index is 1490. The second kappa shape index (κ2) is 11.3. The van der Waals surface area contributed by atoms with E-state index in [9.17, 15) is 13.2 Å². The van der Waals surface area contributed by atoms with Gasteiger partial charge < -0.3 is 14.8 Å². The summed E-state index contributed by atoms with van der Waals surface area (Å²) in [6.45, 7) is 1.92. The van der Waals surface area contributed by atoms with Gasteiger partial charge in [-0.05, 0) is 61.5 Å². The molecule has 0 aromatic heterocycles. The summed E-state index contributed by atoms with van der Waals surface area (Å²) in [5.74, 6) is 1.26. The van der Waals surface area contributed by atoms with E-state index in [1.807, 2.05) is 43.3 Å². The number of anilines is 1. The Balaban J connectivity index is 1.55. The zero-order valence-electron chi connectivity index (χ0n) is 20.8. The molecule has 4 rings (SSSR count). The minimum atomic E-state index is -3.74. The summed E-state index contributed by atoms with van der Waals surface area (Å²) in [6.07, 6.45) is 0. The average Bonchev–Trinajstić information content (AvgIpc) is 2.90. The third-order valence-electron chi connectivity index (χ3n) is 5.77. The topological polar surface area (TPSA) is 84.9 Å². The molecule has 0 spiro atoms. The molecule has 0 aliphatic rings. The standard InChI is InChI=1S/C29H28N2O5S/c1-21-13-16-25(17-14-21)37(33,34)31(2)20-23-19-22(15-18-27(23)35-3)29(32)30-26-11-7-8-12-28(26)36-24-9-5-4-6-10-24/h4-19H,20H2,1-3H3,(H,30,32). The number of amides is 1. The molecule has 0 fully saturated rings. The molecule has 0 aliphatic carbocycles. The number of ether oxygens (including phenoxy) is 2. The van der Waals surface area contributed by atoms with Crippen molar-refractivity contribution in [3.8, 4) is 17.2 Å². The fourth-order valence-corrected chi connectivity index (χ4v) is 4.88. The first kappa shape index (κ1) is 25.9. The summed E-state index contributed by atoms with van der Waals surface area (Å²) < 4.78 is 38.8. The summed E-state index contributed by atoms with van der Waals surface area (Å²) in [5.41, 5.74) is 2.39. The molecule has 0 saturated heterocycles. The fourth-order valence-electron chi connectivity index (χ4n) is 3.73. The largest absolute Gasteiger partial charge is 0.496 e. The lowest BCUT2D eigenvalue weighted by atomic mass is 10.1. The van der Waals surface area contributed by atoms with Crippen LogP contribution in [0.1, 0.15) is 21.5 Å². The summed E-state index contributed by atoms with van der Waals surface area (Å²) in [5, 5.41) is 2.89. The molecule has 0 aliphatic heterocycles. The Morgan fingerprint density at radius 3 is 2.24 bits per heavy atom. The highest BCUT2D eigenvalue weighted by atomic mass is 32.2. The molecule has 0 unspecified atom stereocenters. The zero-order chi connectivity index (χ0) is 26.4.